The van der Waals surface area contributed by atoms with Crippen molar-refractivity contribution < 1.29 is 23.9 Å². The van der Waals surface area contributed by atoms with E-state index < -0.39 is 16.5 Å². The molecule has 11 nitrogen and oxygen atoms in total. The molecule has 0 aliphatic carbocycles. The molecule has 5 aromatic rings. The van der Waals surface area contributed by atoms with Gasteiger partial charge in [0.2, 0.25) is 6.79 Å². The molecule has 40 heavy (non-hydrogen) atoms. The molecule has 0 unspecified atom stereocenters. The van der Waals surface area contributed by atoms with Crippen LogP contribution in [-0.4, -0.2) is 33.6 Å². The summed E-state index contributed by atoms with van der Waals surface area (Å²) in [6.45, 7) is 0.0464. The van der Waals surface area contributed by atoms with Gasteiger partial charge >= 0.3 is 5.97 Å². The molecule has 0 atom stereocenters. The second-order valence-electron chi connectivity index (χ2n) is 8.62. The number of para-hydroxylation sites is 1. The van der Waals surface area contributed by atoms with Gasteiger partial charge in [-0.1, -0.05) is 42.5 Å². The Hall–Kier alpha value is -5.84. The fourth-order valence-electron chi connectivity index (χ4n) is 4.15. The van der Waals surface area contributed by atoms with Crippen LogP contribution in [-0.2, 0) is 0 Å². The average Bonchev–Trinajstić information content (AvgIpc) is 3.46. The molecule has 4 aromatic carbocycles. The number of hydrogen-bond donors (Lipinski definition) is 0. The Balaban J connectivity index is 1.43. The number of rotatable bonds is 6. The van der Waals surface area contributed by atoms with E-state index in [0.29, 0.717) is 28.0 Å². The molecule has 196 valence electrons. The second-order valence-corrected chi connectivity index (χ2v) is 8.62. The van der Waals surface area contributed by atoms with Gasteiger partial charge in [-0.2, -0.15) is 9.78 Å². The minimum Gasteiger partial charge on any atom is -0.454 e. The standard InChI is InChI=1S/C29H18N4O7/c34-28-22-8-4-5-9-23(22)31-27(18-6-2-1-3-7-18)32(28)30-16-20-14-21(33(36)37)11-13-24(20)40-29(35)19-10-12-25-26(15-19)39-17-38-25/h1-16H,17H2. The van der Waals surface area contributed by atoms with E-state index in [1.54, 1.807) is 54.6 Å². The molecule has 6 rings (SSSR count). The van der Waals surface area contributed by atoms with Crippen LogP contribution in [0, 0.1) is 10.1 Å². The minimum absolute atomic E-state index is 0.0000697. The first-order chi connectivity index (χ1) is 19.5. The third kappa shape index (κ3) is 4.63. The zero-order chi connectivity index (χ0) is 27.6. The first-order valence-corrected chi connectivity index (χ1v) is 12.0. The zero-order valence-corrected chi connectivity index (χ0v) is 20.6. The van der Waals surface area contributed by atoms with Crippen molar-refractivity contribution in [1.29, 1.82) is 0 Å². The monoisotopic (exact) mass is 534 g/mol. The first-order valence-electron chi connectivity index (χ1n) is 12.0. The van der Waals surface area contributed by atoms with Crippen LogP contribution in [0.2, 0.25) is 0 Å². The van der Waals surface area contributed by atoms with Crippen molar-refractivity contribution >= 4 is 28.8 Å². The third-order valence-corrected chi connectivity index (χ3v) is 6.11. The lowest BCUT2D eigenvalue weighted by Crippen LogP contribution is -2.20. The summed E-state index contributed by atoms with van der Waals surface area (Å²) in [5, 5.41) is 16.2. The van der Waals surface area contributed by atoms with Crippen molar-refractivity contribution in [2.75, 3.05) is 6.79 Å². The maximum atomic E-state index is 13.5. The molecule has 0 amide bonds. The van der Waals surface area contributed by atoms with Crippen molar-refractivity contribution in [3.05, 3.63) is 123 Å². The topological polar surface area (TPSA) is 135 Å². The van der Waals surface area contributed by atoms with Crippen molar-refractivity contribution in [3.8, 4) is 28.6 Å². The van der Waals surface area contributed by atoms with Gasteiger partial charge in [0.15, 0.2) is 17.3 Å². The quantitative estimate of drug-likeness (QED) is 0.0997. The summed E-state index contributed by atoms with van der Waals surface area (Å²) >= 11 is 0. The molecule has 0 spiro atoms. The predicted molar refractivity (Wildman–Crippen MR) is 145 cm³/mol. The van der Waals surface area contributed by atoms with E-state index in [-0.39, 0.29) is 35.2 Å². The molecule has 1 aliphatic rings. The minimum atomic E-state index is -0.726. The third-order valence-electron chi connectivity index (χ3n) is 6.11. The lowest BCUT2D eigenvalue weighted by atomic mass is 10.1. The van der Waals surface area contributed by atoms with Crippen LogP contribution < -0.4 is 19.8 Å². The van der Waals surface area contributed by atoms with Crippen molar-refractivity contribution in [3.63, 3.8) is 0 Å². The van der Waals surface area contributed by atoms with E-state index in [0.717, 1.165) is 4.68 Å². The largest absolute Gasteiger partial charge is 0.454 e. The molecule has 0 N–H and O–H groups in total. The first kappa shape index (κ1) is 24.5. The zero-order valence-electron chi connectivity index (χ0n) is 20.6. The number of fused-ring (bicyclic) bond motifs is 2. The fourth-order valence-corrected chi connectivity index (χ4v) is 4.15. The Morgan fingerprint density at radius 2 is 1.75 bits per heavy atom. The van der Waals surface area contributed by atoms with E-state index in [1.165, 1.54) is 36.5 Å². The van der Waals surface area contributed by atoms with Gasteiger partial charge in [-0.05, 0) is 36.4 Å². The summed E-state index contributed by atoms with van der Waals surface area (Å²) in [5.74, 6) is 0.446. The summed E-state index contributed by atoms with van der Waals surface area (Å²) in [4.78, 5) is 41.9. The number of nitro groups is 1. The molecule has 0 radical (unpaired) electrons. The van der Waals surface area contributed by atoms with Crippen LogP contribution in [0.25, 0.3) is 22.3 Å². The summed E-state index contributed by atoms with van der Waals surface area (Å²) in [6, 6.07) is 24.2. The number of ether oxygens (including phenoxy) is 3. The van der Waals surface area contributed by atoms with Gasteiger partial charge in [-0.15, -0.1) is 0 Å². The molecule has 2 heterocycles. The highest BCUT2D eigenvalue weighted by atomic mass is 16.7. The number of carbonyl (C=O) groups is 1. The van der Waals surface area contributed by atoms with E-state index in [4.69, 9.17) is 14.2 Å². The summed E-state index contributed by atoms with van der Waals surface area (Å²) < 4.78 is 17.3. The Morgan fingerprint density at radius 1 is 0.975 bits per heavy atom. The smallest absolute Gasteiger partial charge is 0.343 e. The highest BCUT2D eigenvalue weighted by Gasteiger charge is 2.20. The number of non-ortho nitro benzene ring substituents is 1. The number of nitrogens with zero attached hydrogens (tertiary/aromatic N) is 4. The lowest BCUT2D eigenvalue weighted by Gasteiger charge is -2.10. The maximum Gasteiger partial charge on any atom is 0.343 e. The molecular formula is C29H18N4O7. The number of esters is 1. The van der Waals surface area contributed by atoms with Crippen LogP contribution in [0.3, 0.4) is 0 Å². The summed E-state index contributed by atoms with van der Waals surface area (Å²) in [5.41, 5.74) is 0.721. The number of aromatic nitrogens is 2. The van der Waals surface area contributed by atoms with Crippen molar-refractivity contribution in [2.24, 2.45) is 5.10 Å². The molecule has 11 heteroatoms. The Morgan fingerprint density at radius 3 is 2.58 bits per heavy atom. The fraction of sp³-hybridized carbons (Fsp3) is 0.0345. The maximum absolute atomic E-state index is 13.5. The van der Waals surface area contributed by atoms with Crippen LogP contribution in [0.4, 0.5) is 5.69 Å². The second kappa shape index (κ2) is 10.1. The Bertz CT molecular complexity index is 1880. The van der Waals surface area contributed by atoms with Gasteiger partial charge in [0, 0.05) is 23.3 Å². The van der Waals surface area contributed by atoms with E-state index in [9.17, 15) is 19.7 Å². The highest BCUT2D eigenvalue weighted by molar-refractivity contribution is 5.94. The highest BCUT2D eigenvalue weighted by Crippen LogP contribution is 2.33. The van der Waals surface area contributed by atoms with E-state index in [2.05, 4.69) is 10.1 Å². The molecule has 0 fully saturated rings. The van der Waals surface area contributed by atoms with Gasteiger partial charge in [-0.25, -0.2) is 9.78 Å². The van der Waals surface area contributed by atoms with Gasteiger partial charge in [-0.3, -0.25) is 14.9 Å². The molecule has 0 bridgehead atoms. The SMILES string of the molecule is O=C(Oc1ccc([N+](=O)[O-])cc1C=Nn1c(-c2ccccc2)nc2ccccc2c1=O)c1ccc2c(c1)OCO2. The van der Waals surface area contributed by atoms with Crippen LogP contribution >= 0.6 is 0 Å². The summed E-state index contributed by atoms with van der Waals surface area (Å²) in [7, 11) is 0. The molecular weight excluding hydrogens is 516 g/mol. The van der Waals surface area contributed by atoms with Gasteiger partial charge < -0.3 is 14.2 Å². The van der Waals surface area contributed by atoms with E-state index >= 15 is 0 Å². The molecule has 1 aliphatic heterocycles. The van der Waals surface area contributed by atoms with Crippen LogP contribution in [0.5, 0.6) is 17.2 Å². The van der Waals surface area contributed by atoms with Gasteiger partial charge in [0.25, 0.3) is 11.2 Å². The number of hydrogen-bond acceptors (Lipinski definition) is 9. The Labute approximate surface area is 225 Å². The predicted octanol–water partition coefficient (Wildman–Crippen LogP) is 4.80. The average molecular weight is 534 g/mol. The molecule has 0 saturated heterocycles. The number of benzene rings is 4. The van der Waals surface area contributed by atoms with Crippen LogP contribution in [0.1, 0.15) is 15.9 Å². The normalized spacial score (nSPS) is 12.1. The van der Waals surface area contributed by atoms with Crippen molar-refractivity contribution in [2.45, 2.75) is 0 Å². The summed E-state index contributed by atoms with van der Waals surface area (Å²) in [6.07, 6.45) is 1.22. The molecule has 1 aromatic heterocycles. The van der Waals surface area contributed by atoms with Gasteiger partial charge in [0.05, 0.1) is 27.6 Å². The Kier molecular flexibility index (Phi) is 6.21. The number of carbonyl (C=O) groups excluding carboxylic acids is 1. The van der Waals surface area contributed by atoms with Gasteiger partial charge in [0.1, 0.15) is 5.75 Å². The van der Waals surface area contributed by atoms with Crippen molar-refractivity contribution in [1.82, 2.24) is 9.66 Å². The molecule has 0 saturated carbocycles. The lowest BCUT2D eigenvalue weighted by molar-refractivity contribution is -0.384. The number of nitro benzene ring substituents is 1. The van der Waals surface area contributed by atoms with Crippen LogP contribution in [0.15, 0.2) is 101 Å². The van der Waals surface area contributed by atoms with E-state index in [1.807, 2.05) is 6.07 Å².